The van der Waals surface area contributed by atoms with Crippen LogP contribution in [0.15, 0.2) is 59.5 Å². The molecule has 0 saturated heterocycles. The Morgan fingerprint density at radius 1 is 1.09 bits per heavy atom. The number of fused-ring (bicyclic) bond motifs is 3. The molecule has 22 heavy (non-hydrogen) atoms. The van der Waals surface area contributed by atoms with E-state index in [1.165, 1.54) is 21.7 Å². The molecule has 3 aromatic rings. The van der Waals surface area contributed by atoms with E-state index in [2.05, 4.69) is 70.9 Å². The number of nitrogens with one attached hydrogen (secondary N) is 1. The largest absolute Gasteiger partial charge is 0.359 e. The van der Waals surface area contributed by atoms with Gasteiger partial charge in [-0.1, -0.05) is 30.3 Å². The van der Waals surface area contributed by atoms with Crippen molar-refractivity contribution in [1.82, 2.24) is 9.78 Å². The minimum atomic E-state index is 0.0366. The number of rotatable bonds is 2. The van der Waals surface area contributed by atoms with E-state index in [9.17, 15) is 0 Å². The molecule has 3 nitrogen and oxygen atoms in total. The predicted octanol–water partition coefficient (Wildman–Crippen LogP) is 4.55. The Labute approximate surface area is 134 Å². The molecule has 0 aliphatic carbocycles. The highest BCUT2D eigenvalue weighted by Crippen LogP contribution is 2.38. The van der Waals surface area contributed by atoms with Gasteiger partial charge in [-0.25, -0.2) is 4.68 Å². The molecule has 0 fully saturated rings. The lowest BCUT2D eigenvalue weighted by Crippen LogP contribution is -2.25. The number of thioether (sulfide) groups is 1. The van der Waals surface area contributed by atoms with E-state index in [1.807, 2.05) is 6.92 Å². The molecule has 4 rings (SSSR count). The maximum Gasteiger partial charge on any atom is 0.147 e. The summed E-state index contributed by atoms with van der Waals surface area (Å²) in [4.78, 5) is 1.27. The summed E-state index contributed by atoms with van der Waals surface area (Å²) in [5.41, 5.74) is 5.80. The van der Waals surface area contributed by atoms with Crippen LogP contribution < -0.4 is 5.32 Å². The van der Waals surface area contributed by atoms with Crippen molar-refractivity contribution < 1.29 is 0 Å². The molecular formula is C18H17N3S. The minimum absolute atomic E-state index is 0.0366. The summed E-state index contributed by atoms with van der Waals surface area (Å²) in [6.07, 6.45) is 2.13. The number of para-hydroxylation sites is 1. The molecule has 0 radical (unpaired) electrons. The zero-order chi connectivity index (χ0) is 15.1. The van der Waals surface area contributed by atoms with E-state index in [4.69, 9.17) is 5.10 Å². The van der Waals surface area contributed by atoms with Gasteiger partial charge in [0.1, 0.15) is 6.17 Å². The van der Waals surface area contributed by atoms with Crippen molar-refractivity contribution in [2.45, 2.75) is 18.0 Å². The maximum atomic E-state index is 4.70. The standard InChI is InChI=1S/C18H17N3S/c1-12-11-17-15-5-3-4-6-16(15)19-18(21(17)20-12)13-7-9-14(22-2)10-8-13/h3-11,18-19H,1-2H3. The summed E-state index contributed by atoms with van der Waals surface area (Å²) < 4.78 is 2.09. The van der Waals surface area contributed by atoms with Gasteiger partial charge < -0.3 is 5.32 Å². The summed E-state index contributed by atoms with van der Waals surface area (Å²) in [5, 5.41) is 8.31. The fourth-order valence-corrected chi connectivity index (χ4v) is 3.37. The molecule has 1 aliphatic rings. The van der Waals surface area contributed by atoms with Gasteiger partial charge in [-0.3, -0.25) is 0 Å². The molecule has 0 bridgehead atoms. The monoisotopic (exact) mass is 307 g/mol. The Morgan fingerprint density at radius 2 is 1.86 bits per heavy atom. The lowest BCUT2D eigenvalue weighted by molar-refractivity contribution is 0.571. The third kappa shape index (κ3) is 2.11. The second-order valence-corrected chi connectivity index (χ2v) is 6.36. The van der Waals surface area contributed by atoms with E-state index < -0.39 is 0 Å². The number of aromatic nitrogens is 2. The van der Waals surface area contributed by atoms with Crippen molar-refractivity contribution in [3.8, 4) is 11.3 Å². The van der Waals surface area contributed by atoms with Crippen LogP contribution in [-0.4, -0.2) is 16.0 Å². The Hall–Kier alpha value is -2.20. The second-order valence-electron chi connectivity index (χ2n) is 5.48. The number of anilines is 1. The maximum absolute atomic E-state index is 4.70. The molecule has 2 heterocycles. The average Bonchev–Trinajstić information content (AvgIpc) is 2.96. The highest BCUT2D eigenvalue weighted by atomic mass is 32.2. The first-order valence-corrected chi connectivity index (χ1v) is 8.55. The molecule has 0 amide bonds. The van der Waals surface area contributed by atoms with Gasteiger partial charge in [0.05, 0.1) is 11.4 Å². The molecular weight excluding hydrogens is 290 g/mol. The van der Waals surface area contributed by atoms with Gasteiger partial charge in [-0.15, -0.1) is 11.8 Å². The van der Waals surface area contributed by atoms with E-state index in [0.717, 1.165) is 11.4 Å². The smallest absolute Gasteiger partial charge is 0.147 e. The van der Waals surface area contributed by atoms with Gasteiger partial charge in [0.15, 0.2) is 0 Å². The second kappa shape index (κ2) is 5.21. The van der Waals surface area contributed by atoms with Gasteiger partial charge in [-0.05, 0) is 43.0 Å². The number of aryl methyl sites for hydroxylation is 1. The molecule has 2 aromatic carbocycles. The van der Waals surface area contributed by atoms with Gasteiger partial charge in [-0.2, -0.15) is 5.10 Å². The van der Waals surface area contributed by atoms with Crippen LogP contribution in [0.1, 0.15) is 17.4 Å². The van der Waals surface area contributed by atoms with E-state index in [-0.39, 0.29) is 6.17 Å². The average molecular weight is 307 g/mol. The quantitative estimate of drug-likeness (QED) is 0.704. The molecule has 1 unspecified atom stereocenters. The highest BCUT2D eigenvalue weighted by Gasteiger charge is 2.25. The Kier molecular flexibility index (Phi) is 3.19. The van der Waals surface area contributed by atoms with Crippen LogP contribution in [0.3, 0.4) is 0 Å². The van der Waals surface area contributed by atoms with Crippen LogP contribution in [0.4, 0.5) is 5.69 Å². The summed E-state index contributed by atoms with van der Waals surface area (Å²) in [7, 11) is 0. The summed E-state index contributed by atoms with van der Waals surface area (Å²) in [6, 6.07) is 19.3. The Morgan fingerprint density at radius 3 is 2.64 bits per heavy atom. The van der Waals surface area contributed by atoms with E-state index >= 15 is 0 Å². The summed E-state index contributed by atoms with van der Waals surface area (Å²) in [6.45, 7) is 2.04. The van der Waals surface area contributed by atoms with Crippen LogP contribution in [-0.2, 0) is 0 Å². The van der Waals surface area contributed by atoms with Crippen LogP contribution in [0, 0.1) is 6.92 Å². The summed E-state index contributed by atoms with van der Waals surface area (Å²) >= 11 is 1.76. The van der Waals surface area contributed by atoms with Gasteiger partial charge in [0.25, 0.3) is 0 Å². The zero-order valence-corrected chi connectivity index (χ0v) is 13.4. The van der Waals surface area contributed by atoms with Gasteiger partial charge in [0, 0.05) is 16.1 Å². The first-order chi connectivity index (χ1) is 10.8. The van der Waals surface area contributed by atoms with Crippen molar-refractivity contribution in [1.29, 1.82) is 0 Å². The third-order valence-corrected chi connectivity index (χ3v) is 4.77. The topological polar surface area (TPSA) is 29.9 Å². The normalized spacial score (nSPS) is 15.8. The van der Waals surface area contributed by atoms with Crippen LogP contribution >= 0.6 is 11.8 Å². The fraction of sp³-hybridized carbons (Fsp3) is 0.167. The van der Waals surface area contributed by atoms with Crippen molar-refractivity contribution in [2.75, 3.05) is 11.6 Å². The SMILES string of the molecule is CSc1ccc(C2Nc3ccccc3-c3cc(C)nn32)cc1. The lowest BCUT2D eigenvalue weighted by atomic mass is 10.0. The fourth-order valence-electron chi connectivity index (χ4n) is 2.97. The molecule has 0 saturated carbocycles. The van der Waals surface area contributed by atoms with Gasteiger partial charge in [0.2, 0.25) is 0 Å². The highest BCUT2D eigenvalue weighted by molar-refractivity contribution is 7.98. The van der Waals surface area contributed by atoms with Crippen molar-refractivity contribution in [2.24, 2.45) is 0 Å². The van der Waals surface area contributed by atoms with E-state index in [1.54, 1.807) is 11.8 Å². The molecule has 1 atom stereocenters. The van der Waals surface area contributed by atoms with Gasteiger partial charge >= 0.3 is 0 Å². The molecule has 0 spiro atoms. The molecule has 1 aromatic heterocycles. The lowest BCUT2D eigenvalue weighted by Gasteiger charge is -2.29. The van der Waals surface area contributed by atoms with Crippen molar-refractivity contribution in [3.63, 3.8) is 0 Å². The third-order valence-electron chi connectivity index (χ3n) is 4.03. The molecule has 1 aliphatic heterocycles. The predicted molar refractivity (Wildman–Crippen MR) is 92.4 cm³/mol. The first kappa shape index (κ1) is 13.5. The van der Waals surface area contributed by atoms with E-state index in [0.29, 0.717) is 0 Å². The number of hydrogen-bond acceptors (Lipinski definition) is 3. The van der Waals surface area contributed by atoms with Crippen molar-refractivity contribution in [3.05, 3.63) is 65.9 Å². The first-order valence-electron chi connectivity index (χ1n) is 7.32. The molecule has 4 heteroatoms. The zero-order valence-electron chi connectivity index (χ0n) is 12.6. The molecule has 1 N–H and O–H groups in total. The molecule has 110 valence electrons. The van der Waals surface area contributed by atoms with Crippen LogP contribution in [0.5, 0.6) is 0 Å². The summed E-state index contributed by atoms with van der Waals surface area (Å²) in [5.74, 6) is 0. The number of hydrogen-bond donors (Lipinski definition) is 1. The Balaban J connectivity index is 1.84. The number of nitrogens with zero attached hydrogens (tertiary/aromatic N) is 2. The minimum Gasteiger partial charge on any atom is -0.359 e. The van der Waals surface area contributed by atoms with Crippen LogP contribution in [0.25, 0.3) is 11.3 Å². The Bertz CT molecular complexity index is 821. The van der Waals surface area contributed by atoms with Crippen LogP contribution in [0.2, 0.25) is 0 Å². The number of benzene rings is 2. The van der Waals surface area contributed by atoms with Crippen molar-refractivity contribution >= 4 is 17.4 Å².